The number of nitrogens with zero attached hydrogens (tertiary/aromatic N) is 1. The van der Waals surface area contributed by atoms with E-state index >= 15 is 0 Å². The summed E-state index contributed by atoms with van der Waals surface area (Å²) in [5, 5.41) is 8.12. The number of anilines is 2. The highest BCUT2D eigenvalue weighted by Gasteiger charge is 2.22. The number of hydrogen-bond donors (Lipinski definition) is 3. The fourth-order valence-electron chi connectivity index (χ4n) is 3.13. The summed E-state index contributed by atoms with van der Waals surface area (Å²) >= 11 is 1.38. The fraction of sp³-hybridized carbons (Fsp3) is 0.292. The maximum absolute atomic E-state index is 12.7. The number of benzene rings is 2. The van der Waals surface area contributed by atoms with Crippen molar-refractivity contribution in [1.29, 1.82) is 0 Å². The van der Waals surface area contributed by atoms with Crippen LogP contribution in [-0.2, 0) is 16.0 Å². The van der Waals surface area contributed by atoms with Crippen molar-refractivity contribution in [3.05, 3.63) is 65.5 Å². The lowest BCUT2D eigenvalue weighted by molar-refractivity contribution is -0.116. The van der Waals surface area contributed by atoms with E-state index in [4.69, 9.17) is 10.5 Å². The van der Waals surface area contributed by atoms with Crippen LogP contribution < -0.4 is 16.4 Å². The Balaban J connectivity index is 1.63. The minimum atomic E-state index is -0.618. The molecule has 3 rings (SSSR count). The number of hydrogen-bond acceptors (Lipinski definition) is 6. The summed E-state index contributed by atoms with van der Waals surface area (Å²) in [4.78, 5) is 29.3. The van der Waals surface area contributed by atoms with E-state index in [0.717, 1.165) is 16.8 Å². The third kappa shape index (κ3) is 7.39. The van der Waals surface area contributed by atoms with Crippen molar-refractivity contribution in [2.45, 2.75) is 45.3 Å². The molecule has 2 amide bonds. The van der Waals surface area contributed by atoms with Crippen molar-refractivity contribution < 1.29 is 14.3 Å². The molecule has 0 aliphatic heterocycles. The molecule has 7 nitrogen and oxygen atoms in total. The van der Waals surface area contributed by atoms with Gasteiger partial charge in [-0.25, -0.2) is 9.78 Å². The molecule has 0 fully saturated rings. The first kappa shape index (κ1) is 23.3. The first-order valence-electron chi connectivity index (χ1n) is 10.3. The number of ether oxygens (including phenoxy) is 1. The summed E-state index contributed by atoms with van der Waals surface area (Å²) in [5.41, 5.74) is 8.48. The summed E-state index contributed by atoms with van der Waals surface area (Å²) in [6.07, 6.45) is 0.0778. The third-order valence-corrected chi connectivity index (χ3v) is 5.14. The zero-order valence-corrected chi connectivity index (χ0v) is 19.2. The molecule has 0 aliphatic rings. The molecule has 0 radical (unpaired) electrons. The van der Waals surface area contributed by atoms with Crippen LogP contribution in [0.2, 0.25) is 0 Å². The average molecular weight is 453 g/mol. The molecule has 0 saturated carbocycles. The second-order valence-corrected chi connectivity index (χ2v) is 9.32. The Morgan fingerprint density at radius 1 is 1.09 bits per heavy atom. The monoisotopic (exact) mass is 452 g/mol. The number of amides is 2. The molecule has 4 N–H and O–H groups in total. The Morgan fingerprint density at radius 3 is 2.38 bits per heavy atom. The fourth-order valence-corrected chi connectivity index (χ4v) is 3.70. The zero-order valence-electron chi connectivity index (χ0n) is 18.4. The Morgan fingerprint density at radius 2 is 1.78 bits per heavy atom. The first-order chi connectivity index (χ1) is 15.2. The van der Waals surface area contributed by atoms with Crippen molar-refractivity contribution in [2.75, 3.05) is 11.1 Å². The van der Waals surface area contributed by atoms with Gasteiger partial charge in [-0.2, -0.15) is 0 Å². The van der Waals surface area contributed by atoms with Gasteiger partial charge in [0.05, 0.1) is 5.69 Å². The highest BCUT2D eigenvalue weighted by molar-refractivity contribution is 7.13. The molecule has 0 saturated heterocycles. The smallest absolute Gasteiger partial charge is 0.407 e. The van der Waals surface area contributed by atoms with E-state index in [1.54, 1.807) is 20.8 Å². The topological polar surface area (TPSA) is 106 Å². The zero-order chi connectivity index (χ0) is 23.1. The third-order valence-electron chi connectivity index (χ3n) is 4.46. The summed E-state index contributed by atoms with van der Waals surface area (Å²) in [7, 11) is 0. The van der Waals surface area contributed by atoms with Gasteiger partial charge in [-0.1, -0.05) is 42.5 Å². The van der Waals surface area contributed by atoms with Crippen LogP contribution in [-0.4, -0.2) is 28.6 Å². The molecule has 1 heterocycles. The maximum atomic E-state index is 12.7. The number of rotatable bonds is 7. The molecule has 1 aromatic heterocycles. The lowest BCUT2D eigenvalue weighted by atomic mass is 10.0. The van der Waals surface area contributed by atoms with E-state index in [9.17, 15) is 9.59 Å². The largest absolute Gasteiger partial charge is 0.444 e. The standard InChI is InChI=1S/C24H28N4O3S/c1-24(2,3)31-23(30)27-19(13-16-7-5-4-6-8-16)14-21(29)26-18-11-9-17(10-12-18)20-15-32-22(25)28-20/h4-12,15,19H,13-14H2,1-3H3,(H2,25,28)(H,26,29)(H,27,30)/t19-/m0/s1. The number of carbonyl (C=O) groups is 2. The lowest BCUT2D eigenvalue weighted by Gasteiger charge is -2.23. The van der Waals surface area contributed by atoms with E-state index in [0.29, 0.717) is 17.2 Å². The van der Waals surface area contributed by atoms with Crippen molar-refractivity contribution in [1.82, 2.24) is 10.3 Å². The molecule has 0 spiro atoms. The molecule has 0 bridgehead atoms. The number of thiazole rings is 1. The maximum Gasteiger partial charge on any atom is 0.407 e. The van der Waals surface area contributed by atoms with Crippen LogP contribution in [0.3, 0.4) is 0 Å². The predicted octanol–water partition coefficient (Wildman–Crippen LogP) is 4.86. The van der Waals surface area contributed by atoms with Crippen LogP contribution in [0, 0.1) is 0 Å². The molecular weight excluding hydrogens is 424 g/mol. The number of aromatic nitrogens is 1. The number of alkyl carbamates (subject to hydrolysis) is 1. The predicted molar refractivity (Wildman–Crippen MR) is 129 cm³/mol. The lowest BCUT2D eigenvalue weighted by Crippen LogP contribution is -2.42. The van der Waals surface area contributed by atoms with Crippen LogP contribution in [0.15, 0.2) is 60.0 Å². The SMILES string of the molecule is CC(C)(C)OC(=O)N[C@H](CC(=O)Nc1ccc(-c2csc(N)n2)cc1)Cc1ccccc1. The molecule has 0 aliphatic carbocycles. The second-order valence-electron chi connectivity index (χ2n) is 8.43. The van der Waals surface area contributed by atoms with E-state index in [-0.39, 0.29) is 12.3 Å². The molecule has 3 aromatic rings. The van der Waals surface area contributed by atoms with Crippen LogP contribution in [0.1, 0.15) is 32.8 Å². The molecule has 168 valence electrons. The van der Waals surface area contributed by atoms with Crippen LogP contribution >= 0.6 is 11.3 Å². The van der Waals surface area contributed by atoms with Crippen molar-refractivity contribution >= 4 is 34.2 Å². The number of carbonyl (C=O) groups excluding carboxylic acids is 2. The van der Waals surface area contributed by atoms with E-state index < -0.39 is 17.7 Å². The number of nitrogens with two attached hydrogens (primary N) is 1. The Bertz CT molecular complexity index is 1040. The van der Waals surface area contributed by atoms with E-state index in [1.807, 2.05) is 60.0 Å². The van der Waals surface area contributed by atoms with Gasteiger partial charge in [0.2, 0.25) is 5.91 Å². The summed E-state index contributed by atoms with van der Waals surface area (Å²) in [5.74, 6) is -0.201. The van der Waals surface area contributed by atoms with Gasteiger partial charge in [0.25, 0.3) is 0 Å². The molecule has 0 unspecified atom stereocenters. The molecular formula is C24H28N4O3S. The Labute approximate surface area is 192 Å². The Hall–Kier alpha value is -3.39. The van der Waals surface area contributed by atoms with E-state index in [2.05, 4.69) is 15.6 Å². The van der Waals surface area contributed by atoms with Crippen LogP contribution in [0.4, 0.5) is 15.6 Å². The van der Waals surface area contributed by atoms with Crippen LogP contribution in [0.5, 0.6) is 0 Å². The molecule has 1 atom stereocenters. The van der Waals surface area contributed by atoms with Gasteiger partial charge in [0, 0.05) is 29.1 Å². The Kier molecular flexibility index (Phi) is 7.48. The molecule has 32 heavy (non-hydrogen) atoms. The normalized spacial score (nSPS) is 12.1. The minimum absolute atomic E-state index is 0.110. The summed E-state index contributed by atoms with van der Waals surface area (Å²) in [6.45, 7) is 5.40. The van der Waals surface area contributed by atoms with Gasteiger partial charge in [0.1, 0.15) is 5.60 Å². The van der Waals surface area contributed by atoms with Crippen molar-refractivity contribution in [2.24, 2.45) is 0 Å². The van der Waals surface area contributed by atoms with Crippen molar-refractivity contribution in [3.63, 3.8) is 0 Å². The van der Waals surface area contributed by atoms with Crippen molar-refractivity contribution in [3.8, 4) is 11.3 Å². The quantitative estimate of drug-likeness (QED) is 0.475. The van der Waals surface area contributed by atoms with Gasteiger partial charge >= 0.3 is 6.09 Å². The summed E-state index contributed by atoms with van der Waals surface area (Å²) < 4.78 is 5.37. The van der Waals surface area contributed by atoms with Gasteiger partial charge < -0.3 is 21.1 Å². The van der Waals surface area contributed by atoms with Gasteiger partial charge in [-0.15, -0.1) is 11.3 Å². The number of nitrogen functional groups attached to an aromatic ring is 1. The van der Waals surface area contributed by atoms with Crippen LogP contribution in [0.25, 0.3) is 11.3 Å². The second kappa shape index (κ2) is 10.3. The summed E-state index contributed by atoms with van der Waals surface area (Å²) in [6, 6.07) is 16.7. The minimum Gasteiger partial charge on any atom is -0.444 e. The van der Waals surface area contributed by atoms with Gasteiger partial charge in [-0.3, -0.25) is 4.79 Å². The molecule has 8 heteroatoms. The average Bonchev–Trinajstić information content (AvgIpc) is 3.14. The first-order valence-corrected chi connectivity index (χ1v) is 11.2. The van der Waals surface area contributed by atoms with E-state index in [1.165, 1.54) is 11.3 Å². The highest BCUT2D eigenvalue weighted by atomic mass is 32.1. The van der Waals surface area contributed by atoms with Gasteiger partial charge in [-0.05, 0) is 44.9 Å². The highest BCUT2D eigenvalue weighted by Crippen LogP contribution is 2.24. The van der Waals surface area contributed by atoms with Gasteiger partial charge in [0.15, 0.2) is 5.13 Å². The number of nitrogens with one attached hydrogen (secondary N) is 2. The molecule has 2 aromatic carbocycles.